The maximum atomic E-state index is 12.5. The molecule has 0 aromatic carbocycles. The number of aliphatic hydroxyl groups is 2. The van der Waals surface area contributed by atoms with Crippen LogP contribution in [-0.2, 0) is 14.3 Å². The van der Waals surface area contributed by atoms with Crippen molar-refractivity contribution in [3.63, 3.8) is 0 Å². The van der Waals surface area contributed by atoms with E-state index in [4.69, 9.17) is 4.74 Å². The van der Waals surface area contributed by atoms with Gasteiger partial charge in [-0.05, 0) is 64.2 Å². The predicted molar refractivity (Wildman–Crippen MR) is 370 cm³/mol. The number of esters is 1. The van der Waals surface area contributed by atoms with Crippen molar-refractivity contribution in [3.8, 4) is 0 Å². The summed E-state index contributed by atoms with van der Waals surface area (Å²) in [6.07, 6.45) is 95.4. The van der Waals surface area contributed by atoms with Gasteiger partial charge in [0.05, 0.1) is 25.4 Å². The lowest BCUT2D eigenvalue weighted by Gasteiger charge is -2.20. The summed E-state index contributed by atoms with van der Waals surface area (Å²) < 4.78 is 5.50. The van der Waals surface area contributed by atoms with E-state index in [-0.39, 0.29) is 18.5 Å². The number of ether oxygens (including phenoxy) is 1. The minimum atomic E-state index is -0.844. The van der Waals surface area contributed by atoms with Crippen LogP contribution >= 0.6 is 0 Å². The largest absolute Gasteiger partial charge is 0.466 e. The van der Waals surface area contributed by atoms with Crippen molar-refractivity contribution in [2.75, 3.05) is 13.2 Å². The first-order valence-corrected chi connectivity index (χ1v) is 38.3. The molecular formula is C78H149NO5. The van der Waals surface area contributed by atoms with E-state index >= 15 is 0 Å². The Bertz CT molecular complexity index is 1360. The molecule has 0 fully saturated rings. The number of carbonyl (C=O) groups excluding carboxylic acids is 2. The van der Waals surface area contributed by atoms with E-state index in [9.17, 15) is 19.8 Å². The zero-order valence-electron chi connectivity index (χ0n) is 56.9. The Balaban J connectivity index is 3.39. The number of allylic oxidation sites excluding steroid dienone is 5. The van der Waals surface area contributed by atoms with Crippen molar-refractivity contribution in [3.05, 3.63) is 36.5 Å². The van der Waals surface area contributed by atoms with Gasteiger partial charge in [0.2, 0.25) is 5.91 Å². The van der Waals surface area contributed by atoms with Crippen LogP contribution in [0.4, 0.5) is 0 Å². The van der Waals surface area contributed by atoms with Gasteiger partial charge >= 0.3 is 5.97 Å². The molecule has 0 aliphatic carbocycles. The average Bonchev–Trinajstić information content (AvgIpc) is 3.51. The van der Waals surface area contributed by atoms with Crippen LogP contribution in [-0.4, -0.2) is 47.4 Å². The van der Waals surface area contributed by atoms with E-state index in [1.165, 1.54) is 353 Å². The summed E-state index contributed by atoms with van der Waals surface area (Å²) >= 11 is 0. The SMILES string of the molecule is CCCCCCCCCCCCCCCCCC/C=C/C(O)C(CO)NC(=O)CCCCCCCCCCCCCCCCCCC/C=C\C/C=C\CCCCCCCCCCCOC(=O)CCCCCCCCCCCCCCCCCC. The normalized spacial score (nSPS) is 12.7. The first kappa shape index (κ1) is 82.1. The van der Waals surface area contributed by atoms with Gasteiger partial charge in [-0.1, -0.05) is 384 Å². The Morgan fingerprint density at radius 1 is 0.333 bits per heavy atom. The number of carbonyl (C=O) groups is 2. The number of unbranched alkanes of at least 4 members (excludes halogenated alkanes) is 57. The molecule has 2 unspecified atom stereocenters. The van der Waals surface area contributed by atoms with Gasteiger partial charge in [-0.3, -0.25) is 9.59 Å². The summed E-state index contributed by atoms with van der Waals surface area (Å²) in [4.78, 5) is 24.6. The summed E-state index contributed by atoms with van der Waals surface area (Å²) in [5.41, 5.74) is 0. The summed E-state index contributed by atoms with van der Waals surface area (Å²) in [7, 11) is 0. The second-order valence-corrected chi connectivity index (χ2v) is 26.3. The fraction of sp³-hybridized carbons (Fsp3) is 0.897. The Kier molecular flexibility index (Phi) is 71.9. The average molecular weight is 1180 g/mol. The van der Waals surface area contributed by atoms with Crippen LogP contribution in [0.2, 0.25) is 0 Å². The van der Waals surface area contributed by atoms with Gasteiger partial charge in [-0.25, -0.2) is 0 Å². The van der Waals surface area contributed by atoms with Crippen molar-refractivity contribution in [1.82, 2.24) is 5.32 Å². The molecule has 0 aliphatic rings. The van der Waals surface area contributed by atoms with Gasteiger partial charge in [-0.2, -0.15) is 0 Å². The van der Waals surface area contributed by atoms with E-state index in [1.54, 1.807) is 6.08 Å². The predicted octanol–water partition coefficient (Wildman–Crippen LogP) is 25.0. The number of amides is 1. The molecule has 2 atom stereocenters. The highest BCUT2D eigenvalue weighted by Crippen LogP contribution is 2.19. The molecule has 0 aromatic heterocycles. The summed E-state index contributed by atoms with van der Waals surface area (Å²) in [5, 5.41) is 23.2. The molecule has 3 N–H and O–H groups in total. The van der Waals surface area contributed by atoms with Crippen molar-refractivity contribution in [2.24, 2.45) is 0 Å². The van der Waals surface area contributed by atoms with Gasteiger partial charge in [0.1, 0.15) is 0 Å². The first-order chi connectivity index (χ1) is 41.5. The zero-order valence-corrected chi connectivity index (χ0v) is 56.9. The van der Waals surface area contributed by atoms with E-state index in [1.807, 2.05) is 6.08 Å². The molecule has 0 saturated carbocycles. The fourth-order valence-electron chi connectivity index (χ4n) is 12.1. The molecule has 0 radical (unpaired) electrons. The topological polar surface area (TPSA) is 95.9 Å². The minimum absolute atomic E-state index is 0.0180. The third kappa shape index (κ3) is 69.2. The molecule has 0 spiro atoms. The van der Waals surface area contributed by atoms with Crippen LogP contribution in [0.3, 0.4) is 0 Å². The molecule has 0 rings (SSSR count). The highest BCUT2D eigenvalue weighted by atomic mass is 16.5. The van der Waals surface area contributed by atoms with Gasteiger partial charge < -0.3 is 20.3 Å². The molecule has 84 heavy (non-hydrogen) atoms. The molecule has 1 amide bonds. The second-order valence-electron chi connectivity index (χ2n) is 26.3. The summed E-state index contributed by atoms with van der Waals surface area (Å²) in [5.74, 6) is -0.0445. The monoisotopic (exact) mass is 1180 g/mol. The van der Waals surface area contributed by atoms with E-state index < -0.39 is 12.1 Å². The van der Waals surface area contributed by atoms with Crippen molar-refractivity contribution < 1.29 is 24.5 Å². The Hall–Kier alpha value is -1.92. The van der Waals surface area contributed by atoms with Crippen LogP contribution in [0.1, 0.15) is 425 Å². The highest BCUT2D eigenvalue weighted by molar-refractivity contribution is 5.76. The molecule has 0 bridgehead atoms. The molecule has 496 valence electrons. The molecule has 0 aliphatic heterocycles. The lowest BCUT2D eigenvalue weighted by molar-refractivity contribution is -0.143. The van der Waals surface area contributed by atoms with Crippen molar-refractivity contribution >= 4 is 11.9 Å². The molecule has 0 heterocycles. The quantitative estimate of drug-likeness (QED) is 0.0320. The van der Waals surface area contributed by atoms with Crippen LogP contribution in [0, 0.1) is 0 Å². The van der Waals surface area contributed by atoms with Crippen molar-refractivity contribution in [2.45, 2.75) is 437 Å². The summed E-state index contributed by atoms with van der Waals surface area (Å²) in [6.45, 7) is 4.95. The number of rotatable bonds is 72. The Morgan fingerprint density at radius 2 is 0.595 bits per heavy atom. The van der Waals surface area contributed by atoms with E-state index in [2.05, 4.69) is 43.5 Å². The van der Waals surface area contributed by atoms with Gasteiger partial charge in [0.15, 0.2) is 0 Å². The Morgan fingerprint density at radius 3 is 0.905 bits per heavy atom. The van der Waals surface area contributed by atoms with E-state index in [0.29, 0.717) is 19.4 Å². The molecule has 6 nitrogen and oxygen atoms in total. The van der Waals surface area contributed by atoms with Gasteiger partial charge in [-0.15, -0.1) is 0 Å². The molecule has 6 heteroatoms. The Labute approximate surface area is 525 Å². The number of nitrogens with one attached hydrogen (secondary N) is 1. The standard InChI is InChI=1S/C78H149NO5/c1-3-5-7-9-11-13-15-17-19-21-39-42-46-50-54-58-62-66-70-76(81)75(74-80)79-77(82)71-67-63-59-55-51-47-43-40-37-35-33-31-29-27-25-23-22-24-26-28-30-32-34-36-38-41-45-49-53-57-61-65-69-73-84-78(83)72-68-64-60-56-52-48-44-20-18-16-14-12-10-8-6-4-2/h26,28,32,34,66,70,75-76,80-81H,3-25,27,29-31,33,35-65,67-69,71-74H2,1-2H3,(H,79,82)/b28-26-,34-32-,70-66+. The first-order valence-electron chi connectivity index (χ1n) is 38.3. The molecule has 0 aromatic rings. The minimum Gasteiger partial charge on any atom is -0.466 e. The zero-order chi connectivity index (χ0) is 60.6. The number of hydrogen-bond donors (Lipinski definition) is 3. The van der Waals surface area contributed by atoms with Crippen LogP contribution < -0.4 is 5.32 Å². The second kappa shape index (κ2) is 73.5. The van der Waals surface area contributed by atoms with Crippen LogP contribution in [0.5, 0.6) is 0 Å². The third-order valence-corrected chi connectivity index (χ3v) is 17.9. The van der Waals surface area contributed by atoms with Gasteiger partial charge in [0, 0.05) is 12.8 Å². The van der Waals surface area contributed by atoms with Crippen LogP contribution in [0.15, 0.2) is 36.5 Å². The third-order valence-electron chi connectivity index (χ3n) is 17.9. The van der Waals surface area contributed by atoms with Crippen LogP contribution in [0.25, 0.3) is 0 Å². The fourth-order valence-corrected chi connectivity index (χ4v) is 12.1. The number of aliphatic hydroxyl groups excluding tert-OH is 2. The lowest BCUT2D eigenvalue weighted by Crippen LogP contribution is -2.45. The van der Waals surface area contributed by atoms with Crippen molar-refractivity contribution in [1.29, 1.82) is 0 Å². The van der Waals surface area contributed by atoms with Gasteiger partial charge in [0.25, 0.3) is 0 Å². The molecule has 0 saturated heterocycles. The lowest BCUT2D eigenvalue weighted by atomic mass is 10.0. The highest BCUT2D eigenvalue weighted by Gasteiger charge is 2.18. The summed E-state index contributed by atoms with van der Waals surface area (Å²) in [6, 6.07) is -0.627. The molecular weight excluding hydrogens is 1030 g/mol. The number of hydrogen-bond acceptors (Lipinski definition) is 5. The maximum Gasteiger partial charge on any atom is 0.305 e. The maximum absolute atomic E-state index is 12.5. The van der Waals surface area contributed by atoms with E-state index in [0.717, 1.165) is 44.9 Å². The smallest absolute Gasteiger partial charge is 0.305 e.